The van der Waals surface area contributed by atoms with Gasteiger partial charge in [-0.25, -0.2) is 8.42 Å². The number of carbonyl (C=O) groups excluding carboxylic acids is 1. The third kappa shape index (κ3) is 4.86. The maximum atomic E-state index is 13.3. The number of anilines is 1. The zero-order valence-electron chi connectivity index (χ0n) is 17.3. The molecule has 1 heterocycles. The number of benzene rings is 2. The van der Waals surface area contributed by atoms with Crippen LogP contribution in [0.5, 0.6) is 0 Å². The lowest BCUT2D eigenvalue weighted by atomic mass is 9.93. The summed E-state index contributed by atoms with van der Waals surface area (Å²) in [6, 6.07) is 18.1. The van der Waals surface area contributed by atoms with Crippen molar-refractivity contribution in [3.8, 4) is 11.1 Å². The van der Waals surface area contributed by atoms with Gasteiger partial charge in [-0.1, -0.05) is 67.8 Å². The highest BCUT2D eigenvalue weighted by Gasteiger charge is 2.38. The molecule has 2 aromatic rings. The summed E-state index contributed by atoms with van der Waals surface area (Å²) < 4.78 is 24.2. The average molecular weight is 427 g/mol. The molecule has 2 aromatic carbocycles. The van der Waals surface area contributed by atoms with E-state index >= 15 is 0 Å². The largest absolute Gasteiger partial charge is 0.376 e. The van der Waals surface area contributed by atoms with Crippen LogP contribution in [-0.4, -0.2) is 49.4 Å². The van der Waals surface area contributed by atoms with Gasteiger partial charge in [0.25, 0.3) is 0 Å². The van der Waals surface area contributed by atoms with Gasteiger partial charge in [0, 0.05) is 23.3 Å². The Kier molecular flexibility index (Phi) is 6.42. The van der Waals surface area contributed by atoms with Gasteiger partial charge in [0.15, 0.2) is 9.84 Å². The van der Waals surface area contributed by atoms with Crippen LogP contribution in [0, 0.1) is 0 Å². The third-order valence-electron chi connectivity index (χ3n) is 6.30. The number of nitrogens with one attached hydrogen (secondary N) is 1. The van der Waals surface area contributed by atoms with Crippen LogP contribution in [0.1, 0.15) is 38.5 Å². The van der Waals surface area contributed by atoms with Crippen molar-refractivity contribution in [3.05, 3.63) is 54.6 Å². The van der Waals surface area contributed by atoms with Crippen molar-refractivity contribution in [2.24, 2.45) is 0 Å². The summed E-state index contributed by atoms with van der Waals surface area (Å²) in [5.74, 6) is 0.306. The van der Waals surface area contributed by atoms with E-state index in [0.717, 1.165) is 42.5 Å². The predicted octanol–water partition coefficient (Wildman–Crippen LogP) is 4.11. The van der Waals surface area contributed by atoms with Crippen LogP contribution in [0.4, 0.5) is 5.69 Å². The predicted molar refractivity (Wildman–Crippen MR) is 121 cm³/mol. The summed E-state index contributed by atoms with van der Waals surface area (Å²) in [4.78, 5) is 15.2. The number of rotatable bonds is 6. The Balaban J connectivity index is 1.51. The normalized spacial score (nSPS) is 21.3. The van der Waals surface area contributed by atoms with E-state index < -0.39 is 9.84 Å². The Morgan fingerprint density at radius 2 is 1.60 bits per heavy atom. The maximum Gasteiger partial charge on any atom is 0.242 e. The molecule has 30 heavy (non-hydrogen) atoms. The molecule has 2 fully saturated rings. The van der Waals surface area contributed by atoms with Crippen molar-refractivity contribution in [1.29, 1.82) is 0 Å². The van der Waals surface area contributed by atoms with E-state index in [1.54, 1.807) is 0 Å². The molecule has 0 bridgehead atoms. The lowest BCUT2D eigenvalue weighted by Gasteiger charge is -2.38. The quantitative estimate of drug-likeness (QED) is 0.755. The number of hydrogen-bond acceptors (Lipinski definition) is 4. The maximum absolute atomic E-state index is 13.3. The first-order valence-electron chi connectivity index (χ1n) is 10.9. The molecule has 4 rings (SSSR count). The van der Waals surface area contributed by atoms with Gasteiger partial charge in [-0.15, -0.1) is 0 Å². The molecular weight excluding hydrogens is 396 g/mol. The summed E-state index contributed by atoms with van der Waals surface area (Å²) in [6.45, 7) is 0.177. The van der Waals surface area contributed by atoms with Crippen LogP contribution in [0.2, 0.25) is 0 Å². The molecule has 1 aliphatic carbocycles. The van der Waals surface area contributed by atoms with E-state index in [1.807, 2.05) is 47.4 Å². The van der Waals surface area contributed by atoms with Crippen molar-refractivity contribution >= 4 is 21.4 Å². The van der Waals surface area contributed by atoms with Crippen molar-refractivity contribution < 1.29 is 13.2 Å². The van der Waals surface area contributed by atoms with E-state index in [4.69, 9.17) is 0 Å². The highest BCUT2D eigenvalue weighted by Crippen LogP contribution is 2.30. The van der Waals surface area contributed by atoms with Crippen LogP contribution in [0.3, 0.4) is 0 Å². The minimum Gasteiger partial charge on any atom is -0.376 e. The van der Waals surface area contributed by atoms with Crippen LogP contribution >= 0.6 is 0 Å². The molecule has 1 atom stereocenters. The summed E-state index contributed by atoms with van der Waals surface area (Å²) in [7, 11) is -3.04. The molecule has 2 aliphatic rings. The van der Waals surface area contributed by atoms with Gasteiger partial charge in [0.1, 0.15) is 0 Å². The number of carbonyl (C=O) groups is 1. The van der Waals surface area contributed by atoms with E-state index in [2.05, 4.69) is 17.4 Å². The highest BCUT2D eigenvalue weighted by atomic mass is 32.2. The van der Waals surface area contributed by atoms with Gasteiger partial charge < -0.3 is 10.2 Å². The molecule has 1 saturated carbocycles. The van der Waals surface area contributed by atoms with E-state index in [0.29, 0.717) is 6.42 Å². The van der Waals surface area contributed by atoms with Gasteiger partial charge >= 0.3 is 0 Å². The molecule has 6 heteroatoms. The van der Waals surface area contributed by atoms with Crippen molar-refractivity contribution in [2.75, 3.05) is 23.4 Å². The fourth-order valence-corrected chi connectivity index (χ4v) is 6.54. The smallest absolute Gasteiger partial charge is 0.242 e. The molecule has 5 nitrogen and oxygen atoms in total. The molecule has 160 valence electrons. The first kappa shape index (κ1) is 20.9. The Labute approximate surface area is 179 Å². The van der Waals surface area contributed by atoms with Crippen LogP contribution < -0.4 is 5.32 Å². The number of nitrogens with zero attached hydrogens (tertiary/aromatic N) is 1. The van der Waals surface area contributed by atoms with E-state index in [1.165, 1.54) is 6.42 Å². The van der Waals surface area contributed by atoms with Crippen molar-refractivity contribution in [1.82, 2.24) is 4.90 Å². The molecular formula is C24H30N2O3S. The van der Waals surface area contributed by atoms with E-state index in [-0.39, 0.29) is 36.0 Å². The molecule has 1 unspecified atom stereocenters. The van der Waals surface area contributed by atoms with E-state index in [9.17, 15) is 13.2 Å². The Bertz CT molecular complexity index is 969. The van der Waals surface area contributed by atoms with Crippen LogP contribution in [0.25, 0.3) is 11.1 Å². The first-order valence-corrected chi connectivity index (χ1v) is 12.8. The Morgan fingerprint density at radius 3 is 2.30 bits per heavy atom. The van der Waals surface area contributed by atoms with Gasteiger partial charge in [0.05, 0.1) is 18.1 Å². The summed E-state index contributed by atoms with van der Waals surface area (Å²) in [6.07, 6.45) is 5.93. The van der Waals surface area contributed by atoms with Gasteiger partial charge in [-0.2, -0.15) is 0 Å². The van der Waals surface area contributed by atoms with Crippen molar-refractivity contribution in [3.63, 3.8) is 0 Å². The number of amides is 1. The third-order valence-corrected chi connectivity index (χ3v) is 8.05. The SMILES string of the molecule is O=C(CNc1ccccc1-c1ccccc1)N(C1CCCCC1)C1CCS(=O)(=O)C1. The van der Waals surface area contributed by atoms with Gasteiger partial charge in [-0.05, 0) is 30.9 Å². The highest BCUT2D eigenvalue weighted by molar-refractivity contribution is 7.91. The van der Waals surface area contributed by atoms with Gasteiger partial charge in [-0.3, -0.25) is 4.79 Å². The number of sulfone groups is 1. The molecule has 0 radical (unpaired) electrons. The second kappa shape index (κ2) is 9.21. The summed E-state index contributed by atoms with van der Waals surface area (Å²) in [5, 5.41) is 3.33. The van der Waals surface area contributed by atoms with Crippen LogP contribution in [0.15, 0.2) is 54.6 Å². The number of hydrogen-bond donors (Lipinski definition) is 1. The summed E-state index contributed by atoms with van der Waals surface area (Å²) in [5.41, 5.74) is 3.07. The lowest BCUT2D eigenvalue weighted by molar-refractivity contribution is -0.134. The zero-order valence-corrected chi connectivity index (χ0v) is 18.1. The fourth-order valence-electron chi connectivity index (χ4n) is 4.83. The molecule has 1 saturated heterocycles. The second-order valence-electron chi connectivity index (χ2n) is 8.41. The van der Waals surface area contributed by atoms with Crippen molar-refractivity contribution in [2.45, 2.75) is 50.6 Å². The summed E-state index contributed by atoms with van der Waals surface area (Å²) >= 11 is 0. The fraction of sp³-hybridized carbons (Fsp3) is 0.458. The van der Waals surface area contributed by atoms with Gasteiger partial charge in [0.2, 0.25) is 5.91 Å². The molecule has 1 aliphatic heterocycles. The monoisotopic (exact) mass is 426 g/mol. The second-order valence-corrected chi connectivity index (χ2v) is 10.6. The number of para-hydroxylation sites is 1. The molecule has 0 aromatic heterocycles. The lowest BCUT2D eigenvalue weighted by Crippen LogP contribution is -2.50. The minimum absolute atomic E-state index is 0.00636. The topological polar surface area (TPSA) is 66.5 Å². The Hall–Kier alpha value is -2.34. The average Bonchev–Trinajstić information content (AvgIpc) is 3.13. The molecule has 0 spiro atoms. The van der Waals surface area contributed by atoms with Crippen LogP contribution in [-0.2, 0) is 14.6 Å². The zero-order chi connectivity index (χ0) is 21.0. The first-order chi connectivity index (χ1) is 14.5. The molecule has 1 amide bonds. The Morgan fingerprint density at radius 1 is 0.900 bits per heavy atom. The standard InChI is InChI=1S/C24H30N2O3S/c27-24(17-25-23-14-8-7-13-22(23)19-9-3-1-4-10-19)26(20-11-5-2-6-12-20)21-15-16-30(28,29)18-21/h1,3-4,7-10,13-14,20-21,25H,2,5-6,11-12,15-18H2. The molecule has 1 N–H and O–H groups in total. The minimum atomic E-state index is -3.04.